The van der Waals surface area contributed by atoms with E-state index in [0.717, 1.165) is 17.0 Å². The molecule has 0 spiro atoms. The van der Waals surface area contributed by atoms with Crippen LogP contribution in [0.15, 0.2) is 97.1 Å². The van der Waals surface area contributed by atoms with Gasteiger partial charge in [0.2, 0.25) is 5.91 Å². The van der Waals surface area contributed by atoms with Crippen LogP contribution in [0.1, 0.15) is 63.6 Å². The van der Waals surface area contributed by atoms with Gasteiger partial charge in [0.15, 0.2) is 0 Å². The minimum absolute atomic E-state index is 0.0714. The van der Waals surface area contributed by atoms with Gasteiger partial charge in [0, 0.05) is 31.9 Å². The predicted molar refractivity (Wildman–Crippen MR) is 235 cm³/mol. The highest BCUT2D eigenvalue weighted by molar-refractivity contribution is 5.88. The number of carboxylic acid groups (broad SMARTS) is 1. The number of hydrazine groups is 1. The van der Waals surface area contributed by atoms with Crippen LogP contribution in [0.25, 0.3) is 0 Å². The van der Waals surface area contributed by atoms with Gasteiger partial charge in [0.1, 0.15) is 29.3 Å². The van der Waals surface area contributed by atoms with Gasteiger partial charge in [0.05, 0.1) is 31.5 Å². The number of rotatable bonds is 20. The van der Waals surface area contributed by atoms with E-state index in [2.05, 4.69) is 21.0 Å². The summed E-state index contributed by atoms with van der Waals surface area (Å²) >= 11 is 0. The summed E-state index contributed by atoms with van der Waals surface area (Å²) in [7, 11) is 1.58. The Morgan fingerprint density at radius 3 is 2.19 bits per heavy atom. The van der Waals surface area contributed by atoms with Crippen LogP contribution in [0.4, 0.5) is 9.59 Å². The first-order valence-electron chi connectivity index (χ1n) is 21.0. The molecule has 2 heterocycles. The van der Waals surface area contributed by atoms with Crippen LogP contribution in [0, 0.1) is 18.3 Å². The minimum Gasteiger partial charge on any atom is -0.497 e. The molecule has 332 valence electrons. The van der Waals surface area contributed by atoms with E-state index in [1.807, 2.05) is 75.4 Å². The number of nitrogens with zero attached hydrogens (tertiary/aromatic N) is 4. The van der Waals surface area contributed by atoms with Crippen molar-refractivity contribution >= 4 is 23.9 Å². The van der Waals surface area contributed by atoms with Crippen LogP contribution in [-0.4, -0.2) is 105 Å². The topological polar surface area (TPSA) is 186 Å². The third kappa shape index (κ3) is 13.2. The Balaban J connectivity index is 1.42. The highest BCUT2D eigenvalue weighted by Gasteiger charge is 2.41. The summed E-state index contributed by atoms with van der Waals surface area (Å²) < 4.78 is 11.4. The average Bonchev–Trinajstić information content (AvgIpc) is 3.57. The fourth-order valence-corrected chi connectivity index (χ4v) is 7.47. The molecule has 0 bridgehead atoms. The van der Waals surface area contributed by atoms with Crippen molar-refractivity contribution in [2.24, 2.45) is 11.3 Å². The highest BCUT2D eigenvalue weighted by atomic mass is 16.5. The Hall–Kier alpha value is -6.19. The summed E-state index contributed by atoms with van der Waals surface area (Å²) in [5.41, 5.74) is 5.23. The number of aliphatic hydroxyl groups excluding tert-OH is 1. The molecular weight excluding hydrogens is 791 g/mol. The molecule has 5 atom stereocenters. The van der Waals surface area contributed by atoms with Gasteiger partial charge in [-0.05, 0) is 84.3 Å². The number of aryl methyl sites for hydroxylation is 1. The number of amides is 5. The number of methoxy groups -OCH3 is 1. The lowest BCUT2D eigenvalue weighted by Gasteiger charge is -2.36. The normalized spacial score (nSPS) is 15.3. The lowest BCUT2D eigenvalue weighted by atomic mass is 9.86. The molecule has 1 saturated heterocycles. The lowest BCUT2D eigenvalue weighted by molar-refractivity contribution is -0.132. The first-order chi connectivity index (χ1) is 29.5. The summed E-state index contributed by atoms with van der Waals surface area (Å²) in [6.07, 6.45) is -1.77. The van der Waals surface area contributed by atoms with E-state index in [4.69, 9.17) is 9.47 Å². The lowest BCUT2D eigenvalue weighted by Crippen LogP contribution is -2.60. The predicted octanol–water partition coefficient (Wildman–Crippen LogP) is 6.15. The van der Waals surface area contributed by atoms with Crippen molar-refractivity contribution in [1.82, 2.24) is 35.9 Å². The summed E-state index contributed by atoms with van der Waals surface area (Å²) in [6.45, 7) is 12.0. The second kappa shape index (κ2) is 21.6. The molecule has 1 fully saturated rings. The van der Waals surface area contributed by atoms with Crippen molar-refractivity contribution in [2.75, 3.05) is 26.7 Å². The number of urea groups is 1. The SMILES string of the molecule is CC[C@H](C)[C@@H](C(=O)N[C@@H](Cc1ccccc1)[C@@H](O)CN(Cc1cccc(Oc2ccc(OC)cc2)c1)NC(=O)[C@@H](NC(=O)O)C(C)(C)C)N1CCN(Cc2cccc(C)n2)C1=O. The summed E-state index contributed by atoms with van der Waals surface area (Å²) in [6, 6.07) is 26.4. The third-order valence-electron chi connectivity index (χ3n) is 10.9. The van der Waals surface area contributed by atoms with Gasteiger partial charge in [-0.1, -0.05) is 89.6 Å². The summed E-state index contributed by atoms with van der Waals surface area (Å²) in [4.78, 5) is 62.1. The Kier molecular flexibility index (Phi) is 16.3. The van der Waals surface area contributed by atoms with Gasteiger partial charge in [-0.25, -0.2) is 14.6 Å². The van der Waals surface area contributed by atoms with Crippen molar-refractivity contribution in [2.45, 2.75) is 91.7 Å². The molecule has 15 nitrogen and oxygen atoms in total. The average molecular weight is 852 g/mol. The van der Waals surface area contributed by atoms with Crippen molar-refractivity contribution in [3.8, 4) is 17.2 Å². The van der Waals surface area contributed by atoms with E-state index in [0.29, 0.717) is 48.9 Å². The molecule has 15 heteroatoms. The number of carbonyl (C=O) groups excluding carboxylic acids is 3. The Bertz CT molecular complexity index is 2110. The van der Waals surface area contributed by atoms with E-state index < -0.39 is 47.6 Å². The number of hydrogen-bond acceptors (Lipinski definition) is 9. The second-order valence-corrected chi connectivity index (χ2v) is 16.9. The van der Waals surface area contributed by atoms with Crippen LogP contribution < -0.4 is 25.5 Å². The van der Waals surface area contributed by atoms with Gasteiger partial charge in [-0.2, -0.15) is 0 Å². The number of pyridine rings is 1. The Morgan fingerprint density at radius 1 is 0.871 bits per heavy atom. The van der Waals surface area contributed by atoms with Crippen molar-refractivity contribution in [1.29, 1.82) is 0 Å². The Labute approximate surface area is 364 Å². The van der Waals surface area contributed by atoms with E-state index >= 15 is 0 Å². The van der Waals surface area contributed by atoms with Crippen LogP contribution in [0.3, 0.4) is 0 Å². The van der Waals surface area contributed by atoms with Gasteiger partial charge in [-0.3, -0.25) is 20.0 Å². The first kappa shape index (κ1) is 46.9. The number of carbonyl (C=O) groups is 4. The van der Waals surface area contributed by atoms with E-state index in [-0.39, 0.29) is 31.5 Å². The van der Waals surface area contributed by atoms with Crippen molar-refractivity contribution in [3.05, 3.63) is 120 Å². The third-order valence-corrected chi connectivity index (χ3v) is 10.9. The number of ether oxygens (including phenoxy) is 2. The maximum absolute atomic E-state index is 14.6. The van der Waals surface area contributed by atoms with Gasteiger partial charge >= 0.3 is 12.1 Å². The zero-order valence-corrected chi connectivity index (χ0v) is 36.7. The molecule has 1 aliphatic heterocycles. The van der Waals surface area contributed by atoms with Crippen LogP contribution >= 0.6 is 0 Å². The fourth-order valence-electron chi connectivity index (χ4n) is 7.47. The second-order valence-electron chi connectivity index (χ2n) is 16.9. The van der Waals surface area contributed by atoms with Crippen molar-refractivity contribution < 1.29 is 38.9 Å². The highest BCUT2D eigenvalue weighted by Crippen LogP contribution is 2.27. The first-order valence-corrected chi connectivity index (χ1v) is 21.0. The number of aliphatic hydroxyl groups is 1. The molecule has 4 aromatic rings. The molecule has 1 aliphatic rings. The molecule has 0 saturated carbocycles. The standard InChI is InChI=1S/C47H61N7O8/c1-8-31(2)41(54-25-24-52(46(54)60)29-35-18-12-14-32(3)48-35)43(56)49-39(27-33-15-10-9-11-16-33)40(55)30-53(51-44(57)42(47(4,5)6)50-45(58)59)28-34-17-13-19-38(26-34)62-37-22-20-36(61-7)21-23-37/h9-23,26,31,39-42,50,55H,8,24-25,27-30H2,1-7H3,(H,49,56)(H,51,57)(H,58,59)/t31-,39-,40-,41-,42+/m0/s1. The largest absolute Gasteiger partial charge is 0.497 e. The van der Waals surface area contributed by atoms with Crippen molar-refractivity contribution in [3.63, 3.8) is 0 Å². The zero-order chi connectivity index (χ0) is 45.0. The van der Waals surface area contributed by atoms with Crippen LogP contribution in [0.2, 0.25) is 0 Å². The summed E-state index contributed by atoms with van der Waals surface area (Å²) in [5, 5.41) is 28.8. The molecule has 5 rings (SSSR count). The van der Waals surface area contributed by atoms with Crippen LogP contribution in [-0.2, 0) is 29.1 Å². The van der Waals surface area contributed by atoms with E-state index in [1.54, 1.807) is 80.1 Å². The maximum Gasteiger partial charge on any atom is 0.405 e. The zero-order valence-electron chi connectivity index (χ0n) is 36.7. The Morgan fingerprint density at radius 2 is 1.55 bits per heavy atom. The molecule has 0 radical (unpaired) electrons. The molecule has 3 aromatic carbocycles. The fraction of sp³-hybridized carbons (Fsp3) is 0.426. The maximum atomic E-state index is 14.6. The number of benzene rings is 3. The molecule has 1 aromatic heterocycles. The number of hydrogen-bond donors (Lipinski definition) is 5. The van der Waals surface area contributed by atoms with Gasteiger partial charge in [0.25, 0.3) is 5.91 Å². The minimum atomic E-state index is -1.36. The molecule has 5 amide bonds. The monoisotopic (exact) mass is 851 g/mol. The van der Waals surface area contributed by atoms with E-state index in [1.165, 1.54) is 5.01 Å². The van der Waals surface area contributed by atoms with Crippen LogP contribution in [0.5, 0.6) is 17.2 Å². The quantitative estimate of drug-likeness (QED) is 0.0647. The van der Waals surface area contributed by atoms with Gasteiger partial charge < -0.3 is 40.1 Å². The molecule has 0 aliphatic carbocycles. The van der Waals surface area contributed by atoms with Gasteiger partial charge in [-0.15, -0.1) is 0 Å². The van der Waals surface area contributed by atoms with E-state index in [9.17, 15) is 29.4 Å². The summed E-state index contributed by atoms with van der Waals surface area (Å²) in [5.74, 6) is 0.539. The number of nitrogens with one attached hydrogen (secondary N) is 3. The number of aromatic nitrogens is 1. The molecule has 62 heavy (non-hydrogen) atoms. The smallest absolute Gasteiger partial charge is 0.405 e. The molecule has 0 unspecified atom stereocenters. The molecule has 5 N–H and O–H groups in total. The molecular formula is C47H61N7O8.